The number of hydrogen-bond acceptors (Lipinski definition) is 6. The molecule has 8 nitrogen and oxygen atoms in total. The quantitative estimate of drug-likeness (QED) is 0.675. The topological polar surface area (TPSA) is 100 Å². The van der Waals surface area contributed by atoms with Gasteiger partial charge in [-0.2, -0.15) is 5.10 Å². The first kappa shape index (κ1) is 19.5. The predicted octanol–water partition coefficient (Wildman–Crippen LogP) is 2.13. The van der Waals surface area contributed by atoms with Gasteiger partial charge in [-0.15, -0.1) is 0 Å². The normalized spacial score (nSPS) is 13.5. The van der Waals surface area contributed by atoms with Gasteiger partial charge in [0.2, 0.25) is 0 Å². The van der Waals surface area contributed by atoms with Crippen molar-refractivity contribution in [1.82, 2.24) is 19.7 Å². The van der Waals surface area contributed by atoms with Crippen LogP contribution < -0.4 is 10.9 Å². The van der Waals surface area contributed by atoms with Crippen molar-refractivity contribution < 1.29 is 9.90 Å². The molecule has 0 aliphatic heterocycles. The van der Waals surface area contributed by atoms with E-state index in [1.807, 2.05) is 39.2 Å². The highest BCUT2D eigenvalue weighted by atomic mass is 16.4. The molecule has 2 heterocycles. The van der Waals surface area contributed by atoms with E-state index >= 15 is 0 Å². The number of hydrogen-bond donors (Lipinski definition) is 2. The number of benzene rings is 1. The van der Waals surface area contributed by atoms with Gasteiger partial charge in [0.15, 0.2) is 5.82 Å². The van der Waals surface area contributed by atoms with Crippen LogP contribution in [0, 0.1) is 0 Å². The number of fused-ring (bicyclic) bond motifs is 1. The van der Waals surface area contributed by atoms with Crippen LogP contribution >= 0.6 is 0 Å². The highest BCUT2D eigenvalue weighted by Crippen LogP contribution is 2.26. The van der Waals surface area contributed by atoms with Crippen LogP contribution in [-0.2, 0) is 7.05 Å². The van der Waals surface area contributed by atoms with Gasteiger partial charge < -0.3 is 15.3 Å². The molecular weight excluding hydrogens is 358 g/mol. The first-order valence-electron chi connectivity index (χ1n) is 8.88. The second-order valence-electron chi connectivity index (χ2n) is 6.95. The Kier molecular flexibility index (Phi) is 5.41. The monoisotopic (exact) mass is 381 g/mol. The lowest BCUT2D eigenvalue weighted by Gasteiger charge is -2.31. The number of aromatic carboxylic acids is 1. The Hall–Kier alpha value is -3.26. The molecule has 2 aromatic heterocycles. The lowest BCUT2D eigenvalue weighted by Crippen LogP contribution is -2.35. The average molecular weight is 381 g/mol. The highest BCUT2D eigenvalue weighted by molar-refractivity contribution is 5.88. The molecule has 2 N–H and O–H groups in total. The van der Waals surface area contributed by atoms with E-state index in [0.29, 0.717) is 16.7 Å². The van der Waals surface area contributed by atoms with Crippen molar-refractivity contribution in [1.29, 1.82) is 0 Å². The van der Waals surface area contributed by atoms with Gasteiger partial charge >= 0.3 is 5.97 Å². The van der Waals surface area contributed by atoms with Gasteiger partial charge in [0.05, 0.1) is 17.0 Å². The average Bonchev–Trinajstić information content (AvgIpc) is 2.66. The molecule has 0 amide bonds. The Morgan fingerprint density at radius 2 is 1.89 bits per heavy atom. The summed E-state index contributed by atoms with van der Waals surface area (Å²) in [6.45, 7) is 2.02. The molecule has 0 spiro atoms. The first-order valence-corrected chi connectivity index (χ1v) is 8.88. The van der Waals surface area contributed by atoms with Crippen LogP contribution in [0.5, 0.6) is 0 Å². The van der Waals surface area contributed by atoms with Gasteiger partial charge in [-0.25, -0.2) is 9.48 Å². The van der Waals surface area contributed by atoms with E-state index < -0.39 is 5.97 Å². The number of carbonyl (C=O) groups is 1. The van der Waals surface area contributed by atoms with Crippen molar-refractivity contribution in [2.75, 3.05) is 19.4 Å². The van der Waals surface area contributed by atoms with Gasteiger partial charge in [0.1, 0.15) is 5.52 Å². The largest absolute Gasteiger partial charge is 0.478 e. The molecule has 0 unspecified atom stereocenters. The van der Waals surface area contributed by atoms with Crippen molar-refractivity contribution in [2.45, 2.75) is 19.0 Å². The minimum atomic E-state index is -0.951. The molecular formula is C20H23N5O3. The lowest BCUT2D eigenvalue weighted by atomic mass is 9.98. The zero-order valence-electron chi connectivity index (χ0n) is 16.2. The number of carboxylic acid groups (broad SMARTS) is 1. The number of aryl methyl sites for hydroxylation is 1. The summed E-state index contributed by atoms with van der Waals surface area (Å²) in [6, 6.07) is 10.3. The molecule has 0 fully saturated rings. The molecule has 3 aromatic rings. The van der Waals surface area contributed by atoms with E-state index in [1.54, 1.807) is 31.4 Å². The fourth-order valence-electron chi connectivity index (χ4n) is 3.43. The number of carboxylic acids is 1. The van der Waals surface area contributed by atoms with Crippen molar-refractivity contribution in [3.63, 3.8) is 0 Å². The lowest BCUT2D eigenvalue weighted by molar-refractivity contribution is 0.0697. The zero-order chi connectivity index (χ0) is 20.4. The number of rotatable bonds is 6. The zero-order valence-corrected chi connectivity index (χ0v) is 16.2. The number of aromatic nitrogens is 3. The molecule has 0 aliphatic rings. The molecule has 146 valence electrons. The molecule has 28 heavy (non-hydrogen) atoms. The van der Waals surface area contributed by atoms with Crippen LogP contribution in [-0.4, -0.2) is 50.9 Å². The van der Waals surface area contributed by atoms with Crippen LogP contribution in [0.4, 0.5) is 5.82 Å². The van der Waals surface area contributed by atoms with Crippen molar-refractivity contribution >= 4 is 22.7 Å². The number of pyridine rings is 1. The van der Waals surface area contributed by atoms with Crippen molar-refractivity contribution in [2.24, 2.45) is 7.05 Å². The summed E-state index contributed by atoms with van der Waals surface area (Å²) in [7, 11) is 5.52. The molecule has 8 heteroatoms. The van der Waals surface area contributed by atoms with Crippen LogP contribution in [0.15, 0.2) is 47.4 Å². The summed E-state index contributed by atoms with van der Waals surface area (Å²) < 4.78 is 1.27. The van der Waals surface area contributed by atoms with Gasteiger partial charge in [-0.3, -0.25) is 9.78 Å². The number of likely N-dealkylation sites (N-methyl/N-ethyl adjacent to an activating group) is 1. The van der Waals surface area contributed by atoms with Crippen molar-refractivity contribution in [3.8, 4) is 0 Å². The summed E-state index contributed by atoms with van der Waals surface area (Å²) in [5.74, 6) is -0.376. The number of anilines is 1. The summed E-state index contributed by atoms with van der Waals surface area (Å²) in [6.07, 6.45) is 1.59. The van der Waals surface area contributed by atoms with E-state index in [0.717, 1.165) is 5.56 Å². The Morgan fingerprint density at radius 3 is 2.50 bits per heavy atom. The molecule has 1 aromatic carbocycles. The second-order valence-corrected chi connectivity index (χ2v) is 6.95. The van der Waals surface area contributed by atoms with Gasteiger partial charge in [-0.1, -0.05) is 12.1 Å². The summed E-state index contributed by atoms with van der Waals surface area (Å²) in [5.41, 5.74) is 1.34. The maximum atomic E-state index is 12.3. The third kappa shape index (κ3) is 3.72. The smallest absolute Gasteiger partial charge is 0.335 e. The van der Waals surface area contributed by atoms with Crippen molar-refractivity contribution in [3.05, 3.63) is 64.1 Å². The van der Waals surface area contributed by atoms with Crippen LogP contribution in [0.25, 0.3) is 10.9 Å². The predicted molar refractivity (Wildman–Crippen MR) is 108 cm³/mol. The van der Waals surface area contributed by atoms with E-state index in [-0.39, 0.29) is 23.2 Å². The Bertz CT molecular complexity index is 1060. The molecule has 0 radical (unpaired) electrons. The highest BCUT2D eigenvalue weighted by Gasteiger charge is 2.23. The summed E-state index contributed by atoms with van der Waals surface area (Å²) >= 11 is 0. The van der Waals surface area contributed by atoms with Gasteiger partial charge in [-0.05, 0) is 50.8 Å². The third-order valence-corrected chi connectivity index (χ3v) is 4.70. The first-order chi connectivity index (χ1) is 13.3. The maximum absolute atomic E-state index is 12.3. The second kappa shape index (κ2) is 7.77. The molecule has 0 aliphatic carbocycles. The molecule has 0 saturated heterocycles. The maximum Gasteiger partial charge on any atom is 0.335 e. The Balaban J connectivity index is 1.97. The minimum Gasteiger partial charge on any atom is -0.478 e. The summed E-state index contributed by atoms with van der Waals surface area (Å²) in [4.78, 5) is 29.6. The van der Waals surface area contributed by atoms with Crippen LogP contribution in [0.2, 0.25) is 0 Å². The van der Waals surface area contributed by atoms with Gasteiger partial charge in [0.25, 0.3) is 5.56 Å². The minimum absolute atomic E-state index is 0.0476. The molecule has 0 bridgehead atoms. The standard InChI is InChI=1S/C20H23N5O3/c1-12(17(24(2)3)13-7-9-14(10-8-13)20(27)28)22-18-15-6-5-11-21-16(15)19(26)25(4)23-18/h5-12,17H,1-4H3,(H,22,23)(H,27,28)/t12-,17+/m0/s1. The summed E-state index contributed by atoms with van der Waals surface area (Å²) in [5, 5.41) is 17.5. The third-order valence-electron chi connectivity index (χ3n) is 4.70. The number of nitrogens with zero attached hydrogens (tertiary/aromatic N) is 4. The fraction of sp³-hybridized carbons (Fsp3) is 0.300. The molecule has 3 rings (SSSR count). The van der Waals surface area contributed by atoms with E-state index in [1.165, 1.54) is 4.68 Å². The fourth-order valence-corrected chi connectivity index (χ4v) is 3.43. The van der Waals surface area contributed by atoms with Crippen LogP contribution in [0.3, 0.4) is 0 Å². The van der Waals surface area contributed by atoms with E-state index in [9.17, 15) is 9.59 Å². The van der Waals surface area contributed by atoms with E-state index in [4.69, 9.17) is 5.11 Å². The Morgan fingerprint density at radius 1 is 1.21 bits per heavy atom. The molecule has 0 saturated carbocycles. The molecule has 2 atom stereocenters. The van der Waals surface area contributed by atoms with Gasteiger partial charge in [0, 0.05) is 19.3 Å². The Labute approximate surface area is 162 Å². The van der Waals surface area contributed by atoms with E-state index in [2.05, 4.69) is 20.3 Å². The number of nitrogens with one attached hydrogen (secondary N) is 1. The SMILES string of the molecule is C[C@H](Nc1nn(C)c(=O)c2ncccc12)[C@H](c1ccc(C(=O)O)cc1)N(C)C. The van der Waals surface area contributed by atoms with Crippen LogP contribution in [0.1, 0.15) is 28.9 Å².